The van der Waals surface area contributed by atoms with E-state index in [2.05, 4.69) is 32.9 Å². The predicted molar refractivity (Wildman–Crippen MR) is 280 cm³/mol. The lowest BCUT2D eigenvalue weighted by molar-refractivity contribution is -0.161. The predicted octanol–water partition coefficient (Wildman–Crippen LogP) is 16.5. The minimum Gasteiger partial charge on any atom is -0.462 e. The normalized spacial score (nSPS) is 13.4. The second-order valence-corrected chi connectivity index (χ2v) is 20.9. The lowest BCUT2D eigenvalue weighted by Gasteiger charge is -2.21. The fraction of sp³-hybridized carbons (Fsp3) is 0.911. The van der Waals surface area contributed by atoms with Crippen molar-refractivity contribution in [1.82, 2.24) is 0 Å². The van der Waals surface area contributed by atoms with E-state index >= 15 is 0 Å². The molecule has 2 N–H and O–H groups in total. The van der Waals surface area contributed by atoms with Gasteiger partial charge < -0.3 is 24.2 Å². The summed E-state index contributed by atoms with van der Waals surface area (Å²) < 4.78 is 39.5. The number of esters is 3. The van der Waals surface area contributed by atoms with E-state index in [1.54, 1.807) is 0 Å². The van der Waals surface area contributed by atoms with Crippen molar-refractivity contribution in [2.45, 2.75) is 303 Å². The third-order valence-corrected chi connectivity index (χ3v) is 13.6. The van der Waals surface area contributed by atoms with Crippen LogP contribution in [0.15, 0.2) is 12.2 Å². The van der Waals surface area contributed by atoms with Gasteiger partial charge in [-0.25, -0.2) is 4.57 Å². The summed E-state index contributed by atoms with van der Waals surface area (Å²) in [7, 11) is -4.73. The Hall–Kier alpha value is -1.78. The standard InChI is InChI=1S/C56H107O11P/c1-4-7-10-13-16-19-22-24-25-26-27-29-32-35-38-41-44-47-56(60)67-53(49-63-54(58)45-42-39-36-33-30-21-18-15-12-9-6-3)51-65-68(61,62)64-50-52(48-57)66-55(59)46-43-40-37-34-31-28-23-20-17-14-11-8-5-2/h20,23,52-53,57H,4-19,21-22,24-51H2,1-3H3,(H,61,62)/b23-20-. The van der Waals surface area contributed by atoms with Crippen molar-refractivity contribution in [3.05, 3.63) is 12.2 Å². The molecule has 0 amide bonds. The monoisotopic (exact) mass is 987 g/mol. The Bertz CT molecular complexity index is 1200. The molecule has 68 heavy (non-hydrogen) atoms. The molecule has 3 unspecified atom stereocenters. The van der Waals surface area contributed by atoms with Gasteiger partial charge in [0.05, 0.1) is 19.8 Å². The molecule has 0 radical (unpaired) electrons. The quantitative estimate of drug-likeness (QED) is 0.0197. The van der Waals surface area contributed by atoms with Crippen molar-refractivity contribution in [2.75, 3.05) is 26.4 Å². The van der Waals surface area contributed by atoms with Crippen molar-refractivity contribution < 1.29 is 52.2 Å². The van der Waals surface area contributed by atoms with E-state index < -0.39 is 57.8 Å². The molecule has 0 spiro atoms. The third kappa shape index (κ3) is 49.2. The van der Waals surface area contributed by atoms with Crippen LogP contribution in [0.4, 0.5) is 0 Å². The molecular weight excluding hydrogens is 880 g/mol. The number of phosphoric acid groups is 1. The average Bonchev–Trinajstić information content (AvgIpc) is 3.32. The molecule has 0 heterocycles. The Morgan fingerprint density at radius 3 is 1.03 bits per heavy atom. The summed E-state index contributed by atoms with van der Waals surface area (Å²) in [5.41, 5.74) is 0. The Morgan fingerprint density at radius 2 is 0.676 bits per heavy atom. The second kappa shape index (κ2) is 51.6. The molecule has 12 heteroatoms. The van der Waals surface area contributed by atoms with E-state index in [0.29, 0.717) is 19.3 Å². The molecule has 3 atom stereocenters. The Labute approximate surface area is 417 Å². The van der Waals surface area contributed by atoms with Gasteiger partial charge in [-0.2, -0.15) is 0 Å². The number of hydrogen-bond acceptors (Lipinski definition) is 10. The van der Waals surface area contributed by atoms with Crippen LogP contribution in [0.5, 0.6) is 0 Å². The van der Waals surface area contributed by atoms with Gasteiger partial charge in [0.25, 0.3) is 0 Å². The molecule has 0 aliphatic carbocycles. The number of phosphoric ester groups is 1. The van der Waals surface area contributed by atoms with Gasteiger partial charge in [0, 0.05) is 19.3 Å². The van der Waals surface area contributed by atoms with Crippen LogP contribution in [0.2, 0.25) is 0 Å². The molecular formula is C56H107O11P. The SMILES string of the molecule is CCCCCC/C=C\CCCCCCCC(=O)OC(CO)COP(=O)(O)OCC(COC(=O)CCCCCCCCCCCCC)OC(=O)CCCCCCCCCCCCCCCCCCC. The van der Waals surface area contributed by atoms with Crippen LogP contribution in [-0.4, -0.2) is 66.5 Å². The molecule has 402 valence electrons. The number of hydrogen-bond donors (Lipinski definition) is 2. The van der Waals surface area contributed by atoms with Crippen molar-refractivity contribution in [2.24, 2.45) is 0 Å². The second-order valence-electron chi connectivity index (χ2n) is 19.5. The van der Waals surface area contributed by atoms with Crippen LogP contribution >= 0.6 is 7.82 Å². The van der Waals surface area contributed by atoms with E-state index in [4.69, 9.17) is 23.3 Å². The molecule has 0 aliphatic rings. The summed E-state index contributed by atoms with van der Waals surface area (Å²) >= 11 is 0. The van der Waals surface area contributed by atoms with Gasteiger partial charge in [-0.3, -0.25) is 23.4 Å². The molecule has 11 nitrogen and oxygen atoms in total. The summed E-state index contributed by atoms with van der Waals surface area (Å²) in [6.07, 6.45) is 48.8. The number of unbranched alkanes of at least 4 members (excludes halogenated alkanes) is 35. The van der Waals surface area contributed by atoms with Gasteiger partial charge in [0.15, 0.2) is 6.10 Å². The van der Waals surface area contributed by atoms with Crippen LogP contribution in [0.1, 0.15) is 290 Å². The Balaban J connectivity index is 4.65. The maximum absolute atomic E-state index is 12.9. The number of aliphatic hydroxyl groups is 1. The average molecular weight is 987 g/mol. The first-order valence-electron chi connectivity index (χ1n) is 28.6. The van der Waals surface area contributed by atoms with Gasteiger partial charge in [-0.15, -0.1) is 0 Å². The first-order chi connectivity index (χ1) is 33.2. The van der Waals surface area contributed by atoms with Gasteiger partial charge in [-0.05, 0) is 44.9 Å². The smallest absolute Gasteiger partial charge is 0.462 e. The van der Waals surface area contributed by atoms with Gasteiger partial charge in [0.1, 0.15) is 12.7 Å². The highest BCUT2D eigenvalue weighted by Gasteiger charge is 2.28. The van der Waals surface area contributed by atoms with E-state index in [0.717, 1.165) is 77.0 Å². The Morgan fingerprint density at radius 1 is 0.397 bits per heavy atom. The summed E-state index contributed by atoms with van der Waals surface area (Å²) in [5.74, 6) is -1.45. The zero-order valence-corrected chi connectivity index (χ0v) is 45.2. The van der Waals surface area contributed by atoms with E-state index in [1.807, 2.05) is 0 Å². The number of ether oxygens (including phenoxy) is 3. The molecule has 0 aromatic rings. The zero-order chi connectivity index (χ0) is 49.9. The molecule has 0 aromatic heterocycles. The van der Waals surface area contributed by atoms with Crippen LogP contribution in [-0.2, 0) is 42.2 Å². The van der Waals surface area contributed by atoms with Crippen LogP contribution in [0, 0.1) is 0 Å². The summed E-state index contributed by atoms with van der Waals surface area (Å²) in [6.45, 7) is 4.66. The van der Waals surface area contributed by atoms with Crippen molar-refractivity contribution in [3.8, 4) is 0 Å². The fourth-order valence-corrected chi connectivity index (χ4v) is 9.08. The topological polar surface area (TPSA) is 155 Å². The molecule has 0 aromatic carbocycles. The molecule has 0 fully saturated rings. The molecule has 0 rings (SSSR count). The lowest BCUT2D eigenvalue weighted by Crippen LogP contribution is -2.30. The minimum atomic E-state index is -4.73. The van der Waals surface area contributed by atoms with E-state index in [1.165, 1.54) is 154 Å². The summed E-state index contributed by atoms with van der Waals surface area (Å²) in [5, 5.41) is 9.79. The van der Waals surface area contributed by atoms with Crippen LogP contribution in [0.3, 0.4) is 0 Å². The maximum atomic E-state index is 12.9. The molecule has 0 saturated heterocycles. The van der Waals surface area contributed by atoms with E-state index in [-0.39, 0.29) is 25.9 Å². The maximum Gasteiger partial charge on any atom is 0.472 e. The molecule has 0 aliphatic heterocycles. The summed E-state index contributed by atoms with van der Waals surface area (Å²) in [4.78, 5) is 48.4. The van der Waals surface area contributed by atoms with Crippen LogP contribution in [0.25, 0.3) is 0 Å². The van der Waals surface area contributed by atoms with Gasteiger partial charge in [0.2, 0.25) is 0 Å². The van der Waals surface area contributed by atoms with Crippen molar-refractivity contribution in [1.29, 1.82) is 0 Å². The fourth-order valence-electron chi connectivity index (χ4n) is 8.29. The zero-order valence-electron chi connectivity index (χ0n) is 44.4. The highest BCUT2D eigenvalue weighted by atomic mass is 31.2. The number of rotatable bonds is 54. The van der Waals surface area contributed by atoms with Gasteiger partial charge >= 0.3 is 25.7 Å². The molecule has 0 saturated carbocycles. The summed E-state index contributed by atoms with van der Waals surface area (Å²) in [6, 6.07) is 0. The van der Waals surface area contributed by atoms with Crippen LogP contribution < -0.4 is 0 Å². The Kier molecular flexibility index (Phi) is 50.2. The first-order valence-corrected chi connectivity index (χ1v) is 30.1. The first kappa shape index (κ1) is 66.2. The molecule has 0 bridgehead atoms. The van der Waals surface area contributed by atoms with E-state index in [9.17, 15) is 28.9 Å². The number of aliphatic hydroxyl groups excluding tert-OH is 1. The van der Waals surface area contributed by atoms with Gasteiger partial charge in [-0.1, -0.05) is 238 Å². The lowest BCUT2D eigenvalue weighted by atomic mass is 10.0. The minimum absolute atomic E-state index is 0.173. The largest absolute Gasteiger partial charge is 0.472 e. The number of allylic oxidation sites excluding steroid dienone is 2. The number of carbonyl (C=O) groups is 3. The highest BCUT2D eigenvalue weighted by Crippen LogP contribution is 2.43. The third-order valence-electron chi connectivity index (χ3n) is 12.7. The highest BCUT2D eigenvalue weighted by molar-refractivity contribution is 7.47. The van der Waals surface area contributed by atoms with Crippen molar-refractivity contribution >= 4 is 25.7 Å². The number of carbonyl (C=O) groups excluding carboxylic acids is 3. The van der Waals surface area contributed by atoms with Crippen molar-refractivity contribution in [3.63, 3.8) is 0 Å².